The van der Waals surface area contributed by atoms with Crippen LogP contribution in [-0.2, 0) is 19.1 Å². The van der Waals surface area contributed by atoms with Gasteiger partial charge in [0, 0.05) is 7.11 Å². The van der Waals surface area contributed by atoms with Crippen LogP contribution >= 0.6 is 0 Å². The Kier molecular flexibility index (Phi) is 5.78. The van der Waals surface area contributed by atoms with Gasteiger partial charge in [-0.2, -0.15) is 0 Å². The molecule has 108 valence electrons. The summed E-state index contributed by atoms with van der Waals surface area (Å²) >= 11 is 0. The SMILES string of the molecule is COC[C@@](CC(C)(C)C)(ON)C(=O)OC(C)(C)C. The topological polar surface area (TPSA) is 70.8 Å². The molecule has 0 aromatic heterocycles. The normalized spacial score (nSPS) is 16.2. The van der Waals surface area contributed by atoms with Crippen molar-refractivity contribution in [3.63, 3.8) is 0 Å². The van der Waals surface area contributed by atoms with Crippen LogP contribution in [0.1, 0.15) is 48.0 Å². The van der Waals surface area contributed by atoms with Gasteiger partial charge in [-0.1, -0.05) is 20.8 Å². The van der Waals surface area contributed by atoms with Crippen molar-refractivity contribution in [2.45, 2.75) is 59.2 Å². The molecular formula is C13H27NO4. The number of hydrogen-bond acceptors (Lipinski definition) is 5. The van der Waals surface area contributed by atoms with Crippen LogP contribution in [0.2, 0.25) is 0 Å². The molecule has 0 rings (SSSR count). The zero-order chi connectivity index (χ0) is 14.6. The van der Waals surface area contributed by atoms with Gasteiger partial charge in [0.1, 0.15) is 5.60 Å². The van der Waals surface area contributed by atoms with Gasteiger partial charge in [-0.25, -0.2) is 10.7 Å². The quantitative estimate of drug-likeness (QED) is 0.605. The summed E-state index contributed by atoms with van der Waals surface area (Å²) in [6, 6.07) is 0. The summed E-state index contributed by atoms with van der Waals surface area (Å²) in [7, 11) is 1.50. The lowest BCUT2D eigenvalue weighted by Gasteiger charge is -2.36. The van der Waals surface area contributed by atoms with Crippen molar-refractivity contribution < 1.29 is 19.1 Å². The van der Waals surface area contributed by atoms with Crippen molar-refractivity contribution >= 4 is 5.97 Å². The predicted molar refractivity (Wildman–Crippen MR) is 69.8 cm³/mol. The lowest BCUT2D eigenvalue weighted by Crippen LogP contribution is -2.52. The van der Waals surface area contributed by atoms with Gasteiger partial charge in [0.05, 0.1) is 6.61 Å². The van der Waals surface area contributed by atoms with E-state index in [2.05, 4.69) is 0 Å². The third kappa shape index (κ3) is 5.80. The van der Waals surface area contributed by atoms with Crippen molar-refractivity contribution in [2.24, 2.45) is 11.3 Å². The molecule has 0 aromatic rings. The molecule has 0 aliphatic carbocycles. The number of rotatable bonds is 5. The Hall–Kier alpha value is -0.650. The molecule has 0 heterocycles. The van der Waals surface area contributed by atoms with Gasteiger partial charge in [-0.3, -0.25) is 4.84 Å². The molecule has 1 atom stereocenters. The average molecular weight is 261 g/mol. The fourth-order valence-electron chi connectivity index (χ4n) is 1.77. The molecule has 0 aliphatic heterocycles. The average Bonchev–Trinajstić information content (AvgIpc) is 2.12. The smallest absolute Gasteiger partial charge is 0.343 e. The van der Waals surface area contributed by atoms with Gasteiger partial charge in [0.25, 0.3) is 0 Å². The van der Waals surface area contributed by atoms with E-state index in [1.165, 1.54) is 7.11 Å². The largest absolute Gasteiger partial charge is 0.458 e. The van der Waals surface area contributed by atoms with Crippen LogP contribution in [0.15, 0.2) is 0 Å². The minimum absolute atomic E-state index is 0.0652. The summed E-state index contributed by atoms with van der Waals surface area (Å²) in [6.45, 7) is 11.5. The first-order valence-corrected chi connectivity index (χ1v) is 6.06. The number of hydrogen-bond donors (Lipinski definition) is 1. The Morgan fingerprint density at radius 3 is 1.89 bits per heavy atom. The molecule has 2 N–H and O–H groups in total. The number of esters is 1. The Balaban J connectivity index is 5.13. The molecule has 0 fully saturated rings. The molecule has 0 aliphatic rings. The highest BCUT2D eigenvalue weighted by Gasteiger charge is 2.46. The lowest BCUT2D eigenvalue weighted by molar-refractivity contribution is -0.196. The highest BCUT2D eigenvalue weighted by atomic mass is 16.7. The Labute approximate surface area is 110 Å². The van der Waals surface area contributed by atoms with Crippen LogP contribution < -0.4 is 5.90 Å². The van der Waals surface area contributed by atoms with Crippen molar-refractivity contribution in [1.29, 1.82) is 0 Å². The first kappa shape index (κ1) is 17.4. The van der Waals surface area contributed by atoms with Gasteiger partial charge < -0.3 is 9.47 Å². The van der Waals surface area contributed by atoms with E-state index in [1.54, 1.807) is 20.8 Å². The standard InChI is InChI=1S/C13H27NO4/c1-11(2,3)8-13(18-14,9-16-7)10(15)17-12(4,5)6/h8-9,14H2,1-7H3/t13-/m1/s1. The van der Waals surface area contributed by atoms with Crippen LogP contribution in [0.5, 0.6) is 0 Å². The Morgan fingerprint density at radius 1 is 1.11 bits per heavy atom. The van der Waals surface area contributed by atoms with Crippen molar-refractivity contribution in [3.05, 3.63) is 0 Å². The Bertz CT molecular complexity index is 278. The van der Waals surface area contributed by atoms with Crippen LogP contribution in [0.3, 0.4) is 0 Å². The van der Waals surface area contributed by atoms with Gasteiger partial charge in [0.2, 0.25) is 5.60 Å². The second-order valence-electron chi connectivity index (χ2n) is 6.78. The van der Waals surface area contributed by atoms with E-state index in [1.807, 2.05) is 20.8 Å². The molecular weight excluding hydrogens is 234 g/mol. The molecule has 0 bridgehead atoms. The maximum absolute atomic E-state index is 12.3. The van der Waals surface area contributed by atoms with E-state index in [-0.39, 0.29) is 12.0 Å². The number of nitrogens with two attached hydrogens (primary N) is 1. The molecule has 0 saturated heterocycles. The lowest BCUT2D eigenvalue weighted by atomic mass is 9.82. The third-order valence-corrected chi connectivity index (χ3v) is 2.19. The molecule has 18 heavy (non-hydrogen) atoms. The number of carbonyl (C=O) groups excluding carboxylic acids is 1. The fourth-order valence-corrected chi connectivity index (χ4v) is 1.77. The fraction of sp³-hybridized carbons (Fsp3) is 0.923. The molecule has 0 amide bonds. The van der Waals surface area contributed by atoms with Crippen LogP contribution in [0.25, 0.3) is 0 Å². The predicted octanol–water partition coefficient (Wildman–Crippen LogP) is 2.04. The van der Waals surface area contributed by atoms with Gasteiger partial charge in [0.15, 0.2) is 0 Å². The molecule has 0 spiro atoms. The van der Waals surface area contributed by atoms with Gasteiger partial charge >= 0.3 is 5.97 Å². The first-order valence-electron chi connectivity index (χ1n) is 6.06. The number of carbonyl (C=O) groups is 1. The summed E-state index contributed by atoms with van der Waals surface area (Å²) in [5.41, 5.74) is -2.00. The minimum Gasteiger partial charge on any atom is -0.458 e. The summed E-state index contributed by atoms with van der Waals surface area (Å²) < 4.78 is 10.4. The monoisotopic (exact) mass is 261 g/mol. The van der Waals surface area contributed by atoms with E-state index < -0.39 is 17.2 Å². The number of ether oxygens (including phenoxy) is 2. The maximum Gasteiger partial charge on any atom is 0.343 e. The zero-order valence-corrected chi connectivity index (χ0v) is 12.6. The molecule has 5 heteroatoms. The molecule has 0 radical (unpaired) electrons. The highest BCUT2D eigenvalue weighted by Crippen LogP contribution is 2.31. The minimum atomic E-state index is -1.26. The molecule has 0 aromatic carbocycles. The molecule has 5 nitrogen and oxygen atoms in total. The van der Waals surface area contributed by atoms with Crippen LogP contribution in [0, 0.1) is 5.41 Å². The Morgan fingerprint density at radius 2 is 1.61 bits per heavy atom. The summed E-state index contributed by atoms with van der Waals surface area (Å²) in [4.78, 5) is 17.2. The first-order chi connectivity index (χ1) is 7.96. The summed E-state index contributed by atoms with van der Waals surface area (Å²) in [5, 5.41) is 0. The number of methoxy groups -OCH3 is 1. The van der Waals surface area contributed by atoms with E-state index in [4.69, 9.17) is 20.2 Å². The van der Waals surface area contributed by atoms with Crippen LogP contribution in [-0.4, -0.2) is 30.9 Å². The highest BCUT2D eigenvalue weighted by molar-refractivity contribution is 5.80. The van der Waals surface area contributed by atoms with Gasteiger partial charge in [-0.15, -0.1) is 0 Å². The molecule has 0 unspecified atom stereocenters. The zero-order valence-electron chi connectivity index (χ0n) is 12.6. The van der Waals surface area contributed by atoms with E-state index in [0.717, 1.165) is 0 Å². The third-order valence-electron chi connectivity index (χ3n) is 2.19. The van der Waals surface area contributed by atoms with Gasteiger partial charge in [-0.05, 0) is 32.6 Å². The van der Waals surface area contributed by atoms with E-state index >= 15 is 0 Å². The summed E-state index contributed by atoms with van der Waals surface area (Å²) in [5.74, 6) is 4.85. The summed E-state index contributed by atoms with van der Waals surface area (Å²) in [6.07, 6.45) is 0.416. The van der Waals surface area contributed by atoms with E-state index in [0.29, 0.717) is 6.42 Å². The maximum atomic E-state index is 12.3. The second kappa shape index (κ2) is 5.99. The van der Waals surface area contributed by atoms with Crippen molar-refractivity contribution in [1.82, 2.24) is 0 Å². The second-order valence-corrected chi connectivity index (χ2v) is 6.78. The molecule has 0 saturated carbocycles. The van der Waals surface area contributed by atoms with E-state index in [9.17, 15) is 4.79 Å². The van der Waals surface area contributed by atoms with Crippen molar-refractivity contribution in [3.8, 4) is 0 Å². The van der Waals surface area contributed by atoms with Crippen molar-refractivity contribution in [2.75, 3.05) is 13.7 Å². The van der Waals surface area contributed by atoms with Crippen LogP contribution in [0.4, 0.5) is 0 Å².